The molecule has 0 unspecified atom stereocenters. The molecule has 3 aromatic rings. The number of aryl methyl sites for hydroxylation is 3. The number of carboxylic acids is 1. The molecule has 0 amide bonds. The van der Waals surface area contributed by atoms with Crippen LogP contribution in [0.3, 0.4) is 0 Å². The molecule has 3 heterocycles. The summed E-state index contributed by atoms with van der Waals surface area (Å²) in [5.41, 5.74) is 4.69. The van der Waals surface area contributed by atoms with Crippen molar-refractivity contribution in [1.29, 1.82) is 0 Å². The lowest BCUT2D eigenvalue weighted by Crippen LogP contribution is -2.41. The number of carbonyl (C=O) groups is 1. The number of hydrogen-bond donors (Lipinski definition) is 2. The van der Waals surface area contributed by atoms with Crippen LogP contribution >= 0.6 is 0 Å². The number of H-pyrrole nitrogens is 1. The molecule has 1 aliphatic heterocycles. The number of nitrogens with zero attached hydrogens (tertiary/aromatic N) is 3. The molecule has 1 aromatic carbocycles. The van der Waals surface area contributed by atoms with E-state index in [0.29, 0.717) is 11.8 Å². The van der Waals surface area contributed by atoms with Crippen LogP contribution in [0.25, 0.3) is 10.9 Å². The van der Waals surface area contributed by atoms with Crippen molar-refractivity contribution < 1.29 is 14.6 Å². The highest BCUT2D eigenvalue weighted by Gasteiger charge is 2.29. The molecule has 7 nitrogen and oxygen atoms in total. The molecule has 2 aromatic heterocycles. The van der Waals surface area contributed by atoms with Gasteiger partial charge in [-0.05, 0) is 112 Å². The lowest BCUT2D eigenvalue weighted by molar-refractivity contribution is -0.137. The van der Waals surface area contributed by atoms with Gasteiger partial charge < -0.3 is 14.7 Å². The van der Waals surface area contributed by atoms with Crippen molar-refractivity contribution in [2.45, 2.75) is 58.3 Å². The number of aromatic amines is 1. The number of aliphatic carboxylic acids is 1. The summed E-state index contributed by atoms with van der Waals surface area (Å²) in [4.78, 5) is 18.3. The van der Waals surface area contributed by atoms with Gasteiger partial charge >= 0.3 is 5.97 Å². The number of methoxy groups -OCH3 is 1. The molecule has 1 fully saturated rings. The maximum atomic E-state index is 11.3. The van der Waals surface area contributed by atoms with Crippen molar-refractivity contribution >= 4 is 16.9 Å². The Morgan fingerprint density at radius 3 is 2.80 bits per heavy atom. The molecule has 1 aliphatic rings. The van der Waals surface area contributed by atoms with Gasteiger partial charge in [0.2, 0.25) is 0 Å². The number of piperidine rings is 1. The van der Waals surface area contributed by atoms with Gasteiger partial charge in [-0.1, -0.05) is 0 Å². The summed E-state index contributed by atoms with van der Waals surface area (Å²) in [6, 6.07) is 8.17. The number of carboxylic acid groups (broad SMARTS) is 1. The standard InChI is InChI=1S/C28H38N4O3/c1-20-23(18-30-31-20)7-4-15-32-16-13-21(24(19-32)8-11-28(33)34)5-3-6-22-12-14-29-27-10-9-25(35-2)17-26(22)27/h9-10,12,14,17-18,21,24H,3-8,11,13,15-16,19H2,1-2H3,(H,30,31)(H,33,34)/t21-,24+/m1/s1. The molecule has 7 heteroatoms. The van der Waals surface area contributed by atoms with E-state index < -0.39 is 5.97 Å². The molecule has 0 radical (unpaired) electrons. The maximum absolute atomic E-state index is 11.3. The van der Waals surface area contributed by atoms with Crippen LogP contribution < -0.4 is 4.74 Å². The summed E-state index contributed by atoms with van der Waals surface area (Å²) in [5, 5.41) is 17.6. The van der Waals surface area contributed by atoms with E-state index in [2.05, 4.69) is 32.2 Å². The fourth-order valence-corrected chi connectivity index (χ4v) is 5.59. The summed E-state index contributed by atoms with van der Waals surface area (Å²) in [5.74, 6) is 1.21. The molecule has 0 bridgehead atoms. The topological polar surface area (TPSA) is 91.3 Å². The average Bonchev–Trinajstić information content (AvgIpc) is 3.28. The molecule has 0 aliphatic carbocycles. The first-order valence-corrected chi connectivity index (χ1v) is 12.9. The van der Waals surface area contributed by atoms with Gasteiger partial charge in [0.1, 0.15) is 5.75 Å². The zero-order chi connectivity index (χ0) is 24.6. The first-order valence-electron chi connectivity index (χ1n) is 12.9. The van der Waals surface area contributed by atoms with Crippen LogP contribution in [0, 0.1) is 18.8 Å². The third-order valence-electron chi connectivity index (χ3n) is 7.62. The van der Waals surface area contributed by atoms with Gasteiger partial charge in [-0.2, -0.15) is 5.10 Å². The Hall–Kier alpha value is -2.93. The van der Waals surface area contributed by atoms with E-state index in [-0.39, 0.29) is 6.42 Å². The summed E-state index contributed by atoms with van der Waals surface area (Å²) in [7, 11) is 1.69. The van der Waals surface area contributed by atoms with Gasteiger partial charge in [0, 0.05) is 30.7 Å². The lowest BCUT2D eigenvalue weighted by atomic mass is 9.79. The number of aromatic nitrogens is 3. The summed E-state index contributed by atoms with van der Waals surface area (Å²) >= 11 is 0. The molecular weight excluding hydrogens is 440 g/mol. The average molecular weight is 479 g/mol. The zero-order valence-electron chi connectivity index (χ0n) is 21.0. The van der Waals surface area contributed by atoms with E-state index >= 15 is 0 Å². The normalized spacial score (nSPS) is 18.7. The number of fused-ring (bicyclic) bond motifs is 1. The molecular formula is C28H38N4O3. The van der Waals surface area contributed by atoms with Gasteiger partial charge in [0.15, 0.2) is 0 Å². The van der Waals surface area contributed by atoms with Crippen LogP contribution in [-0.4, -0.2) is 57.9 Å². The monoisotopic (exact) mass is 478 g/mol. The number of hydrogen-bond acceptors (Lipinski definition) is 5. The minimum absolute atomic E-state index is 0.262. The van der Waals surface area contributed by atoms with Crippen molar-refractivity contribution in [2.75, 3.05) is 26.7 Å². The van der Waals surface area contributed by atoms with E-state index in [1.807, 2.05) is 31.5 Å². The van der Waals surface area contributed by atoms with Crippen molar-refractivity contribution in [2.24, 2.45) is 11.8 Å². The zero-order valence-corrected chi connectivity index (χ0v) is 21.0. The summed E-state index contributed by atoms with van der Waals surface area (Å²) < 4.78 is 5.42. The van der Waals surface area contributed by atoms with Gasteiger partial charge in [-0.15, -0.1) is 0 Å². The molecule has 0 saturated carbocycles. The lowest BCUT2D eigenvalue weighted by Gasteiger charge is -2.39. The molecule has 2 atom stereocenters. The maximum Gasteiger partial charge on any atom is 0.303 e. The predicted molar refractivity (Wildman–Crippen MR) is 138 cm³/mol. The Labute approximate surface area is 207 Å². The fraction of sp³-hybridized carbons (Fsp3) is 0.536. The van der Waals surface area contributed by atoms with E-state index in [0.717, 1.165) is 86.9 Å². The van der Waals surface area contributed by atoms with Crippen LogP contribution in [0.5, 0.6) is 5.75 Å². The quantitative estimate of drug-likeness (QED) is 0.379. The second kappa shape index (κ2) is 12.2. The number of pyridine rings is 1. The minimum atomic E-state index is -0.687. The third kappa shape index (κ3) is 6.82. The Balaban J connectivity index is 1.32. The number of rotatable bonds is 12. The van der Waals surface area contributed by atoms with Gasteiger partial charge in [0.25, 0.3) is 0 Å². The minimum Gasteiger partial charge on any atom is -0.497 e. The second-order valence-corrected chi connectivity index (χ2v) is 9.89. The van der Waals surface area contributed by atoms with Crippen LogP contribution in [0.15, 0.2) is 36.7 Å². The van der Waals surface area contributed by atoms with Gasteiger partial charge in [-0.25, -0.2) is 0 Å². The van der Waals surface area contributed by atoms with Crippen molar-refractivity contribution in [3.05, 3.63) is 53.5 Å². The SMILES string of the molecule is COc1ccc2nccc(CCC[C@@H]3CCN(CCCc4c[nH]nc4C)C[C@@H]3CCC(=O)O)c2c1. The smallest absolute Gasteiger partial charge is 0.303 e. The first-order chi connectivity index (χ1) is 17.0. The predicted octanol–water partition coefficient (Wildman–Crippen LogP) is 5.03. The van der Waals surface area contributed by atoms with Crippen molar-refractivity contribution in [1.82, 2.24) is 20.1 Å². The number of nitrogens with one attached hydrogen (secondary N) is 1. The van der Waals surface area contributed by atoms with E-state index in [4.69, 9.17) is 4.74 Å². The van der Waals surface area contributed by atoms with Crippen molar-refractivity contribution in [3.8, 4) is 5.75 Å². The van der Waals surface area contributed by atoms with Crippen LogP contribution in [-0.2, 0) is 17.6 Å². The van der Waals surface area contributed by atoms with Crippen LogP contribution in [0.4, 0.5) is 0 Å². The molecule has 4 rings (SSSR count). The Morgan fingerprint density at radius 2 is 2.03 bits per heavy atom. The summed E-state index contributed by atoms with van der Waals surface area (Å²) in [6.07, 6.45) is 11.5. The molecule has 1 saturated heterocycles. The Kier molecular flexibility index (Phi) is 8.74. The summed E-state index contributed by atoms with van der Waals surface area (Å²) in [6.45, 7) is 5.22. The molecule has 188 valence electrons. The number of benzene rings is 1. The van der Waals surface area contributed by atoms with E-state index in [1.54, 1.807) is 7.11 Å². The van der Waals surface area contributed by atoms with Gasteiger partial charge in [-0.3, -0.25) is 14.9 Å². The van der Waals surface area contributed by atoms with Crippen molar-refractivity contribution in [3.63, 3.8) is 0 Å². The highest BCUT2D eigenvalue weighted by atomic mass is 16.5. The van der Waals surface area contributed by atoms with E-state index in [9.17, 15) is 9.90 Å². The molecule has 2 N–H and O–H groups in total. The molecule has 35 heavy (non-hydrogen) atoms. The Morgan fingerprint density at radius 1 is 1.17 bits per heavy atom. The van der Waals surface area contributed by atoms with Gasteiger partial charge in [0.05, 0.1) is 18.3 Å². The number of ether oxygens (including phenoxy) is 1. The van der Waals surface area contributed by atoms with Crippen LogP contribution in [0.2, 0.25) is 0 Å². The van der Waals surface area contributed by atoms with Crippen LogP contribution in [0.1, 0.15) is 55.3 Å². The largest absolute Gasteiger partial charge is 0.497 e. The highest BCUT2D eigenvalue weighted by molar-refractivity contribution is 5.83. The third-order valence-corrected chi connectivity index (χ3v) is 7.62. The highest BCUT2D eigenvalue weighted by Crippen LogP contribution is 2.32. The fourth-order valence-electron chi connectivity index (χ4n) is 5.59. The first kappa shape index (κ1) is 25.2. The second-order valence-electron chi connectivity index (χ2n) is 9.89. The molecule has 0 spiro atoms. The van der Waals surface area contributed by atoms with E-state index in [1.165, 1.54) is 11.1 Å². The Bertz CT molecular complexity index is 1110. The number of likely N-dealkylation sites (tertiary alicyclic amines) is 1.